The fourth-order valence-electron chi connectivity index (χ4n) is 3.62. The topological polar surface area (TPSA) is 29.5 Å². The second-order valence-corrected chi connectivity index (χ2v) is 7.73. The molecule has 1 aliphatic heterocycles. The zero-order valence-corrected chi connectivity index (χ0v) is 14.5. The molecule has 1 N–H and O–H groups in total. The Balaban J connectivity index is 1.77. The third-order valence-corrected chi connectivity index (χ3v) is 6.30. The Bertz CT molecular complexity index is 1030. The van der Waals surface area contributed by atoms with Gasteiger partial charge in [-0.25, -0.2) is 4.39 Å². The number of halogens is 1. The van der Waals surface area contributed by atoms with Crippen molar-refractivity contribution in [2.24, 2.45) is 0 Å². The Morgan fingerprint density at radius 2 is 1.96 bits per heavy atom. The number of rotatable bonds is 2. The van der Waals surface area contributed by atoms with Gasteiger partial charge in [0.1, 0.15) is 17.3 Å². The summed E-state index contributed by atoms with van der Waals surface area (Å²) in [5.41, 5.74) is 4.37. The van der Waals surface area contributed by atoms with Gasteiger partial charge in [0.2, 0.25) is 0 Å². The van der Waals surface area contributed by atoms with Crippen molar-refractivity contribution >= 4 is 27.2 Å². The van der Waals surface area contributed by atoms with Crippen LogP contribution in [0.1, 0.15) is 29.7 Å². The maximum atomic E-state index is 13.7. The van der Waals surface area contributed by atoms with E-state index >= 15 is 0 Å². The maximum absolute atomic E-state index is 13.7. The van der Waals surface area contributed by atoms with Gasteiger partial charge in [-0.1, -0.05) is 6.07 Å². The maximum Gasteiger partial charge on any atom is 0.132 e. The molecule has 4 heteroatoms. The Labute approximate surface area is 149 Å². The van der Waals surface area contributed by atoms with Crippen LogP contribution < -0.4 is 4.74 Å². The standard InChI is InChI=1S/C21H17FO2S/c22-15-5-6-16-18(11-15)25-21(20(23)12-2-1-3-12)19(16)14-4-7-17-13(10-14)8-9-24-17/h4-7,10-11,23H,1-3,8-9H2. The molecule has 0 atom stereocenters. The van der Waals surface area contributed by atoms with E-state index in [1.165, 1.54) is 23.0 Å². The summed E-state index contributed by atoms with van der Waals surface area (Å²) in [6, 6.07) is 11.1. The minimum absolute atomic E-state index is 0.245. The number of hydrogen-bond acceptors (Lipinski definition) is 3. The summed E-state index contributed by atoms with van der Waals surface area (Å²) >= 11 is 1.47. The second kappa shape index (κ2) is 5.60. The van der Waals surface area contributed by atoms with Crippen molar-refractivity contribution in [3.8, 4) is 16.9 Å². The van der Waals surface area contributed by atoms with Crippen LogP contribution in [0.2, 0.25) is 0 Å². The second-order valence-electron chi connectivity index (χ2n) is 6.67. The first kappa shape index (κ1) is 15.0. The van der Waals surface area contributed by atoms with Gasteiger partial charge in [0.25, 0.3) is 0 Å². The van der Waals surface area contributed by atoms with E-state index in [-0.39, 0.29) is 5.82 Å². The van der Waals surface area contributed by atoms with Gasteiger partial charge < -0.3 is 9.84 Å². The zero-order valence-electron chi connectivity index (χ0n) is 13.6. The van der Waals surface area contributed by atoms with Gasteiger partial charge in [-0.15, -0.1) is 11.3 Å². The highest BCUT2D eigenvalue weighted by Gasteiger charge is 2.23. The quantitative estimate of drug-likeness (QED) is 0.565. The molecule has 2 nitrogen and oxygen atoms in total. The summed E-state index contributed by atoms with van der Waals surface area (Å²) in [4.78, 5) is 0.856. The zero-order chi connectivity index (χ0) is 17.0. The molecule has 0 radical (unpaired) electrons. The highest BCUT2D eigenvalue weighted by atomic mass is 32.1. The third-order valence-electron chi connectivity index (χ3n) is 5.14. The molecule has 0 bridgehead atoms. The molecule has 1 aliphatic carbocycles. The van der Waals surface area contributed by atoms with E-state index in [2.05, 4.69) is 6.07 Å². The van der Waals surface area contributed by atoms with E-state index in [1.807, 2.05) is 18.2 Å². The van der Waals surface area contributed by atoms with Crippen LogP contribution in [-0.2, 0) is 6.42 Å². The first-order valence-electron chi connectivity index (χ1n) is 8.60. The van der Waals surface area contributed by atoms with Crippen LogP contribution in [0.4, 0.5) is 4.39 Å². The van der Waals surface area contributed by atoms with E-state index in [9.17, 15) is 9.50 Å². The number of fused-ring (bicyclic) bond motifs is 2. The van der Waals surface area contributed by atoms with Crippen LogP contribution in [0.25, 0.3) is 27.0 Å². The fraction of sp³-hybridized carbons (Fsp3) is 0.238. The molecule has 1 saturated carbocycles. The van der Waals surface area contributed by atoms with Crippen LogP contribution in [0, 0.1) is 5.82 Å². The highest BCUT2D eigenvalue weighted by molar-refractivity contribution is 7.20. The molecule has 0 spiro atoms. The molecule has 1 fully saturated rings. The normalized spacial score (nSPS) is 15.8. The molecule has 5 rings (SSSR count). The molecule has 0 amide bonds. The van der Waals surface area contributed by atoms with Gasteiger partial charge in [-0.3, -0.25) is 0 Å². The SMILES string of the molecule is OC(=C1CCC1)c1sc2cc(F)ccc2c1-c1ccc2c(c1)CCO2. The minimum Gasteiger partial charge on any atom is -0.506 e. The summed E-state index contributed by atoms with van der Waals surface area (Å²) in [5.74, 6) is 1.09. The summed E-state index contributed by atoms with van der Waals surface area (Å²) in [7, 11) is 0. The lowest BCUT2D eigenvalue weighted by atomic mass is 9.89. The van der Waals surface area contributed by atoms with Crippen molar-refractivity contribution in [2.75, 3.05) is 6.61 Å². The summed E-state index contributed by atoms with van der Waals surface area (Å²) in [5, 5.41) is 11.8. The summed E-state index contributed by atoms with van der Waals surface area (Å²) < 4.78 is 20.2. The fourth-order valence-corrected chi connectivity index (χ4v) is 4.86. The predicted octanol–water partition coefficient (Wildman–Crippen LogP) is 6.10. The molecular formula is C21H17FO2S. The molecule has 3 aromatic rings. The van der Waals surface area contributed by atoms with Gasteiger partial charge in [-0.05, 0) is 66.3 Å². The van der Waals surface area contributed by atoms with Gasteiger partial charge in [0, 0.05) is 22.1 Å². The average molecular weight is 352 g/mol. The van der Waals surface area contributed by atoms with Gasteiger partial charge >= 0.3 is 0 Å². The lowest BCUT2D eigenvalue weighted by molar-refractivity contribution is 0.357. The van der Waals surface area contributed by atoms with Gasteiger partial charge in [0.15, 0.2) is 0 Å². The molecular weight excluding hydrogens is 335 g/mol. The van der Waals surface area contributed by atoms with E-state index in [1.54, 1.807) is 6.07 Å². The first-order chi connectivity index (χ1) is 12.2. The molecule has 1 aromatic heterocycles. The van der Waals surface area contributed by atoms with Crippen LogP contribution >= 0.6 is 11.3 Å². The highest BCUT2D eigenvalue weighted by Crippen LogP contribution is 2.45. The van der Waals surface area contributed by atoms with E-state index in [0.717, 1.165) is 69.7 Å². The molecule has 0 unspecified atom stereocenters. The number of thiophene rings is 1. The van der Waals surface area contributed by atoms with Gasteiger partial charge in [0.05, 0.1) is 11.5 Å². The number of hydrogen-bond donors (Lipinski definition) is 1. The molecule has 25 heavy (non-hydrogen) atoms. The Morgan fingerprint density at radius 3 is 2.76 bits per heavy atom. The average Bonchev–Trinajstić information content (AvgIpc) is 3.15. The lowest BCUT2D eigenvalue weighted by Gasteiger charge is -2.18. The first-order valence-corrected chi connectivity index (χ1v) is 9.42. The number of aliphatic hydroxyl groups is 1. The van der Waals surface area contributed by atoms with Crippen molar-refractivity contribution in [2.45, 2.75) is 25.7 Å². The number of aliphatic hydroxyl groups excluding tert-OH is 1. The van der Waals surface area contributed by atoms with E-state index in [0.29, 0.717) is 5.76 Å². The molecule has 2 heterocycles. The van der Waals surface area contributed by atoms with Crippen molar-refractivity contribution < 1.29 is 14.2 Å². The van der Waals surface area contributed by atoms with Gasteiger partial charge in [-0.2, -0.15) is 0 Å². The van der Waals surface area contributed by atoms with Crippen molar-refractivity contribution in [1.82, 2.24) is 0 Å². The van der Waals surface area contributed by atoms with Crippen molar-refractivity contribution in [3.63, 3.8) is 0 Å². The lowest BCUT2D eigenvalue weighted by Crippen LogP contribution is -2.01. The van der Waals surface area contributed by atoms with Crippen LogP contribution in [0.15, 0.2) is 42.0 Å². The summed E-state index contributed by atoms with van der Waals surface area (Å²) in [6.07, 6.45) is 3.94. The number of allylic oxidation sites excluding steroid dienone is 1. The predicted molar refractivity (Wildman–Crippen MR) is 99.8 cm³/mol. The Hall–Kier alpha value is -2.33. The monoisotopic (exact) mass is 352 g/mol. The van der Waals surface area contributed by atoms with Crippen molar-refractivity contribution in [1.29, 1.82) is 0 Å². The molecule has 2 aromatic carbocycles. The van der Waals surface area contributed by atoms with Crippen LogP contribution in [-0.4, -0.2) is 11.7 Å². The number of ether oxygens (including phenoxy) is 1. The Kier molecular flexibility index (Phi) is 3.35. The van der Waals surface area contributed by atoms with E-state index < -0.39 is 0 Å². The van der Waals surface area contributed by atoms with E-state index in [4.69, 9.17) is 4.74 Å². The minimum atomic E-state index is -0.245. The molecule has 0 saturated heterocycles. The van der Waals surface area contributed by atoms with Crippen molar-refractivity contribution in [3.05, 3.63) is 58.2 Å². The Morgan fingerprint density at radius 1 is 1.08 bits per heavy atom. The third kappa shape index (κ3) is 2.35. The number of benzene rings is 2. The van der Waals surface area contributed by atoms with Crippen LogP contribution in [0.3, 0.4) is 0 Å². The largest absolute Gasteiger partial charge is 0.506 e. The van der Waals surface area contributed by atoms with Crippen LogP contribution in [0.5, 0.6) is 5.75 Å². The smallest absolute Gasteiger partial charge is 0.132 e. The summed E-state index contributed by atoms with van der Waals surface area (Å²) in [6.45, 7) is 0.719. The molecule has 2 aliphatic rings. The molecule has 126 valence electrons.